The summed E-state index contributed by atoms with van der Waals surface area (Å²) in [5, 5.41) is 87.9. The smallest absolute Gasteiger partial charge is 0.220 e. The Morgan fingerprint density at radius 2 is 0.657 bits per heavy atom. The zero-order valence-corrected chi connectivity index (χ0v) is 68.0. The minimum atomic E-state index is -1.79. The molecule has 0 radical (unpaired) electrons. The molecule has 2 rings (SSSR count). The van der Waals surface area contributed by atoms with E-state index in [0.29, 0.717) is 6.42 Å². The molecule has 14 heteroatoms. The molecule has 0 aromatic heterocycles. The number of unbranched alkanes of at least 4 members (excludes halogenated alkanes) is 56. The van der Waals surface area contributed by atoms with Gasteiger partial charge in [0.2, 0.25) is 5.91 Å². The summed E-state index contributed by atoms with van der Waals surface area (Å²) in [5.74, 6) is -0.230. The monoisotopic (exact) mass is 1480 g/mol. The Labute approximate surface area is 645 Å². The van der Waals surface area contributed by atoms with Gasteiger partial charge in [-0.25, -0.2) is 0 Å². The molecule has 0 aromatic carbocycles. The Balaban J connectivity index is 1.56. The fraction of sp³-hybridized carbons (Fsp3) is 0.879. The lowest BCUT2D eigenvalue weighted by atomic mass is 9.97. The highest BCUT2D eigenvalue weighted by Crippen LogP contribution is 2.31. The van der Waals surface area contributed by atoms with E-state index < -0.39 is 86.8 Å². The molecule has 105 heavy (non-hydrogen) atoms. The van der Waals surface area contributed by atoms with Crippen LogP contribution in [0, 0.1) is 0 Å². The van der Waals surface area contributed by atoms with E-state index in [9.17, 15) is 45.6 Å². The van der Waals surface area contributed by atoms with Gasteiger partial charge in [-0.2, -0.15) is 0 Å². The molecular formula is C91H169NO13. The number of carbonyl (C=O) groups excluding carboxylic acids is 1. The summed E-state index contributed by atoms with van der Waals surface area (Å²) in [4.78, 5) is 13.4. The molecule has 12 unspecified atom stereocenters. The van der Waals surface area contributed by atoms with Crippen LogP contribution in [0.25, 0.3) is 0 Å². The lowest BCUT2D eigenvalue weighted by molar-refractivity contribution is -0.359. The van der Waals surface area contributed by atoms with Gasteiger partial charge >= 0.3 is 0 Å². The van der Waals surface area contributed by atoms with E-state index in [2.05, 4.69) is 67.8 Å². The Morgan fingerprint density at radius 1 is 0.352 bits per heavy atom. The van der Waals surface area contributed by atoms with Gasteiger partial charge in [0.1, 0.15) is 48.8 Å². The third-order valence-electron chi connectivity index (χ3n) is 22.0. The Hall–Kier alpha value is -2.31. The molecule has 2 fully saturated rings. The second-order valence-corrected chi connectivity index (χ2v) is 31.7. The van der Waals surface area contributed by atoms with Crippen LogP contribution in [0.15, 0.2) is 60.8 Å². The number of rotatable bonds is 77. The minimum Gasteiger partial charge on any atom is -0.394 e. The average molecular weight is 1490 g/mol. The van der Waals surface area contributed by atoms with Crippen LogP contribution in [-0.2, 0) is 23.7 Å². The largest absolute Gasteiger partial charge is 0.394 e. The number of hydrogen-bond acceptors (Lipinski definition) is 13. The van der Waals surface area contributed by atoms with Gasteiger partial charge in [0.05, 0.1) is 32.0 Å². The van der Waals surface area contributed by atoms with E-state index in [4.69, 9.17) is 18.9 Å². The number of hydrogen-bond donors (Lipinski definition) is 9. The van der Waals surface area contributed by atoms with Crippen molar-refractivity contribution in [3.63, 3.8) is 0 Å². The lowest BCUT2D eigenvalue weighted by Crippen LogP contribution is -2.65. The number of allylic oxidation sites excluding steroid dienone is 9. The molecule has 2 aliphatic heterocycles. The van der Waals surface area contributed by atoms with Crippen molar-refractivity contribution in [2.75, 3.05) is 19.8 Å². The van der Waals surface area contributed by atoms with E-state index in [0.717, 1.165) is 64.2 Å². The zero-order valence-electron chi connectivity index (χ0n) is 68.0. The van der Waals surface area contributed by atoms with Crippen LogP contribution in [-0.4, -0.2) is 140 Å². The van der Waals surface area contributed by atoms with Crippen molar-refractivity contribution in [2.24, 2.45) is 0 Å². The van der Waals surface area contributed by atoms with E-state index in [1.165, 1.54) is 327 Å². The van der Waals surface area contributed by atoms with Gasteiger partial charge < -0.3 is 65.1 Å². The summed E-state index contributed by atoms with van der Waals surface area (Å²) in [6, 6.07) is -0.916. The van der Waals surface area contributed by atoms with Gasteiger partial charge in [-0.3, -0.25) is 4.79 Å². The lowest BCUT2D eigenvalue weighted by Gasteiger charge is -2.46. The molecule has 0 bridgehead atoms. The highest BCUT2D eigenvalue weighted by atomic mass is 16.7. The molecule has 12 atom stereocenters. The van der Waals surface area contributed by atoms with Crippen molar-refractivity contribution in [2.45, 2.75) is 492 Å². The molecule has 0 saturated carbocycles. The van der Waals surface area contributed by atoms with Crippen LogP contribution in [0.5, 0.6) is 0 Å². The van der Waals surface area contributed by atoms with Crippen molar-refractivity contribution in [1.82, 2.24) is 5.32 Å². The van der Waals surface area contributed by atoms with Gasteiger partial charge in [-0.05, 0) is 57.8 Å². The predicted octanol–water partition coefficient (Wildman–Crippen LogP) is 21.9. The Bertz CT molecular complexity index is 2000. The van der Waals surface area contributed by atoms with E-state index >= 15 is 0 Å². The standard InChI is InChI=1S/C91H169NO13/c1-3-5-7-9-11-13-15-17-19-21-23-25-27-29-31-33-35-37-38-39-40-41-42-43-45-47-49-51-53-55-57-59-61-63-65-67-69-71-73-75-83(96)92-79(78-102-90-88(101)86(99)89(82(77-94)104-90)105-91-87(100)85(98)84(97)81(76-93)103-91)80(95)74-72-70-68-66-64-62-60-58-56-54-52-50-48-46-44-36-34-32-30-28-26-24-22-20-18-16-14-12-10-8-6-4-2/h5,7,11,13,17,19,23,25,72,74,79-82,84-91,93-95,97-101H,3-4,6,8-10,12,14-16,18,20-22,24,26-71,73,75-78H2,1-2H3,(H,92,96)/b7-5-,13-11-,19-17-,25-23-,74-72+. The number of carbonyl (C=O) groups is 1. The van der Waals surface area contributed by atoms with Gasteiger partial charge in [-0.1, -0.05) is 415 Å². The molecule has 2 heterocycles. The van der Waals surface area contributed by atoms with Crippen LogP contribution in [0.3, 0.4) is 0 Å². The summed E-state index contributed by atoms with van der Waals surface area (Å²) in [5.41, 5.74) is 0. The van der Waals surface area contributed by atoms with Gasteiger partial charge in [-0.15, -0.1) is 0 Å². The SMILES string of the molecule is CC/C=C\C/C=C\C/C=C\C/C=C\CCCCCCCCCCCCCCCCCCCCCCCCCCCCC(=O)NC(COC1OC(CO)C(OC2OC(CO)C(O)C(O)C2O)C(O)C1O)C(O)/C=C/CCCCCCCCCCCCCCCCCCCCCCCCCCCCCCCC. The molecular weight excluding hydrogens is 1310 g/mol. The summed E-state index contributed by atoms with van der Waals surface area (Å²) in [6.45, 7) is 2.76. The number of aliphatic hydroxyl groups excluding tert-OH is 8. The second kappa shape index (κ2) is 74.4. The van der Waals surface area contributed by atoms with Crippen LogP contribution in [0.2, 0.25) is 0 Å². The first-order valence-electron chi connectivity index (χ1n) is 45.0. The highest BCUT2D eigenvalue weighted by Gasteiger charge is 2.51. The number of nitrogens with one attached hydrogen (secondary N) is 1. The van der Waals surface area contributed by atoms with Gasteiger partial charge in [0.25, 0.3) is 0 Å². The van der Waals surface area contributed by atoms with Crippen molar-refractivity contribution in [3.8, 4) is 0 Å². The molecule has 0 spiro atoms. The predicted molar refractivity (Wildman–Crippen MR) is 438 cm³/mol. The first kappa shape index (κ1) is 98.8. The van der Waals surface area contributed by atoms with E-state index in [-0.39, 0.29) is 18.9 Å². The third kappa shape index (κ3) is 56.5. The maximum Gasteiger partial charge on any atom is 0.220 e. The van der Waals surface area contributed by atoms with E-state index in [1.54, 1.807) is 6.08 Å². The first-order chi connectivity index (χ1) is 51.6. The number of amides is 1. The molecule has 616 valence electrons. The van der Waals surface area contributed by atoms with Crippen molar-refractivity contribution < 1.29 is 64.6 Å². The van der Waals surface area contributed by atoms with Crippen molar-refractivity contribution in [1.29, 1.82) is 0 Å². The first-order valence-corrected chi connectivity index (χ1v) is 45.0. The van der Waals surface area contributed by atoms with Crippen LogP contribution >= 0.6 is 0 Å². The Kier molecular flexibility index (Phi) is 70.0. The second-order valence-electron chi connectivity index (χ2n) is 31.7. The van der Waals surface area contributed by atoms with E-state index in [1.807, 2.05) is 6.08 Å². The topological polar surface area (TPSA) is 228 Å². The van der Waals surface area contributed by atoms with Crippen LogP contribution in [0.1, 0.15) is 418 Å². The molecule has 2 aliphatic rings. The number of ether oxygens (including phenoxy) is 4. The van der Waals surface area contributed by atoms with Gasteiger partial charge in [0.15, 0.2) is 12.6 Å². The fourth-order valence-corrected chi connectivity index (χ4v) is 14.9. The molecule has 0 aromatic rings. The third-order valence-corrected chi connectivity index (χ3v) is 22.0. The zero-order chi connectivity index (χ0) is 75.8. The fourth-order valence-electron chi connectivity index (χ4n) is 14.9. The number of aliphatic hydroxyl groups is 8. The molecule has 14 nitrogen and oxygen atoms in total. The van der Waals surface area contributed by atoms with Crippen molar-refractivity contribution in [3.05, 3.63) is 60.8 Å². The Morgan fingerprint density at radius 3 is 1.01 bits per heavy atom. The molecule has 9 N–H and O–H groups in total. The summed E-state index contributed by atoms with van der Waals surface area (Å²) >= 11 is 0. The maximum atomic E-state index is 13.4. The summed E-state index contributed by atoms with van der Waals surface area (Å²) in [6.07, 6.45) is 86.3. The normalized spacial score (nSPS) is 21.6. The summed E-state index contributed by atoms with van der Waals surface area (Å²) < 4.78 is 23.0. The average Bonchev–Trinajstić information content (AvgIpc) is 0.789. The van der Waals surface area contributed by atoms with Crippen LogP contribution < -0.4 is 5.32 Å². The summed E-state index contributed by atoms with van der Waals surface area (Å²) in [7, 11) is 0. The van der Waals surface area contributed by atoms with Gasteiger partial charge in [0, 0.05) is 6.42 Å². The highest BCUT2D eigenvalue weighted by molar-refractivity contribution is 5.76. The van der Waals surface area contributed by atoms with Crippen molar-refractivity contribution >= 4 is 5.91 Å². The maximum absolute atomic E-state index is 13.4. The van der Waals surface area contributed by atoms with Crippen LogP contribution in [0.4, 0.5) is 0 Å². The molecule has 2 saturated heterocycles. The quantitative estimate of drug-likeness (QED) is 0.0204. The minimum absolute atomic E-state index is 0.230. The molecule has 1 amide bonds. The molecule has 0 aliphatic carbocycles.